The van der Waals surface area contributed by atoms with Crippen molar-refractivity contribution >= 4 is 17.8 Å². The van der Waals surface area contributed by atoms with Gasteiger partial charge in [0, 0.05) is 11.6 Å². The summed E-state index contributed by atoms with van der Waals surface area (Å²) in [5, 5.41) is 13.9. The third-order valence-electron chi connectivity index (χ3n) is 7.57. The van der Waals surface area contributed by atoms with E-state index >= 15 is 0 Å². The molecule has 2 amide bonds. The van der Waals surface area contributed by atoms with E-state index in [1.807, 2.05) is 52.0 Å². The number of hydrogen-bond donors (Lipinski definition) is 2. The minimum atomic E-state index is -1.42. The van der Waals surface area contributed by atoms with Gasteiger partial charge in [0.1, 0.15) is 5.54 Å². The molecular weight excluding hydrogens is 392 g/mol. The van der Waals surface area contributed by atoms with E-state index in [0.717, 1.165) is 36.8 Å². The van der Waals surface area contributed by atoms with Crippen molar-refractivity contribution in [3.05, 3.63) is 35.4 Å². The predicted octanol–water partition coefficient (Wildman–Crippen LogP) is 3.83. The van der Waals surface area contributed by atoms with E-state index in [0.29, 0.717) is 6.42 Å². The number of rotatable bonds is 4. The van der Waals surface area contributed by atoms with E-state index in [4.69, 9.17) is 0 Å². The third kappa shape index (κ3) is 3.49. The van der Waals surface area contributed by atoms with E-state index < -0.39 is 34.9 Å². The fraction of sp³-hybridized carbons (Fsp3) is 0.640. The Kier molecular flexibility index (Phi) is 5.49. The van der Waals surface area contributed by atoms with Crippen LogP contribution in [0.1, 0.15) is 76.5 Å². The number of aliphatic carboxylic acids is 1. The molecule has 0 radical (unpaired) electrons. The molecule has 2 heterocycles. The summed E-state index contributed by atoms with van der Waals surface area (Å²) in [6.45, 7) is 7.48. The van der Waals surface area contributed by atoms with E-state index in [1.54, 1.807) is 0 Å². The second-order valence-electron chi connectivity index (χ2n) is 10.6. The van der Waals surface area contributed by atoms with E-state index in [2.05, 4.69) is 5.32 Å². The Morgan fingerprint density at radius 3 is 2.35 bits per heavy atom. The first-order valence-corrected chi connectivity index (χ1v) is 11.5. The van der Waals surface area contributed by atoms with Crippen LogP contribution in [-0.2, 0) is 14.4 Å². The summed E-state index contributed by atoms with van der Waals surface area (Å²) in [4.78, 5) is 41.5. The normalized spacial score (nSPS) is 31.9. The smallest absolute Gasteiger partial charge is 0.324 e. The van der Waals surface area contributed by atoms with Crippen molar-refractivity contribution in [3.8, 4) is 0 Å². The molecule has 2 saturated heterocycles. The van der Waals surface area contributed by atoms with Crippen LogP contribution in [0.3, 0.4) is 0 Å². The second kappa shape index (κ2) is 7.73. The summed E-state index contributed by atoms with van der Waals surface area (Å²) in [6.07, 6.45) is 5.72. The Balaban J connectivity index is 1.83. The quantitative estimate of drug-likeness (QED) is 0.715. The highest BCUT2D eigenvalue weighted by Gasteiger charge is 2.69. The number of nitrogens with one attached hydrogen (secondary N) is 1. The maximum Gasteiger partial charge on any atom is 0.324 e. The molecular formula is C25H34N2O4. The Morgan fingerprint density at radius 1 is 1.13 bits per heavy atom. The van der Waals surface area contributed by atoms with Crippen LogP contribution in [0.25, 0.3) is 0 Å². The number of aryl methyl sites for hydroxylation is 1. The topological polar surface area (TPSA) is 86.7 Å². The maximum atomic E-state index is 13.7. The molecule has 0 spiro atoms. The molecule has 4 rings (SSSR count). The molecule has 1 aromatic rings. The van der Waals surface area contributed by atoms with Gasteiger partial charge in [0.15, 0.2) is 0 Å². The lowest BCUT2D eigenvalue weighted by atomic mass is 9.72. The zero-order valence-corrected chi connectivity index (χ0v) is 19.0. The van der Waals surface area contributed by atoms with Gasteiger partial charge in [-0.15, -0.1) is 0 Å². The molecule has 1 aliphatic carbocycles. The zero-order valence-electron chi connectivity index (χ0n) is 19.0. The maximum absolute atomic E-state index is 13.7. The van der Waals surface area contributed by atoms with E-state index in [1.165, 1.54) is 11.3 Å². The molecule has 168 valence electrons. The first kappa shape index (κ1) is 22.0. The standard InChI is InChI=1S/C25H34N2O4/c1-15-10-8-9-13-17(15)20-18-19(22(29)27(21(18)28)24(2,3)4)25(26-20,23(30)31)14-16-11-6-5-7-12-16/h8-10,13,16,18-20,26H,5-7,11-12,14H2,1-4H3,(H,30,31). The van der Waals surface area contributed by atoms with Crippen LogP contribution in [0.15, 0.2) is 24.3 Å². The summed E-state index contributed by atoms with van der Waals surface area (Å²) in [5.41, 5.74) is -0.218. The molecule has 3 aliphatic rings. The van der Waals surface area contributed by atoms with Gasteiger partial charge in [-0.05, 0) is 51.2 Å². The van der Waals surface area contributed by atoms with Gasteiger partial charge >= 0.3 is 5.97 Å². The van der Waals surface area contributed by atoms with Gasteiger partial charge < -0.3 is 5.11 Å². The Morgan fingerprint density at radius 2 is 1.77 bits per heavy atom. The molecule has 31 heavy (non-hydrogen) atoms. The number of likely N-dealkylation sites (tertiary alicyclic amines) is 1. The summed E-state index contributed by atoms with van der Waals surface area (Å²) in [5.74, 6) is -2.95. The van der Waals surface area contributed by atoms with Crippen molar-refractivity contribution in [2.75, 3.05) is 0 Å². The number of carbonyl (C=O) groups excluding carboxylic acids is 2. The Bertz CT molecular complexity index is 899. The van der Waals surface area contributed by atoms with Gasteiger partial charge in [-0.1, -0.05) is 56.4 Å². The summed E-state index contributed by atoms with van der Waals surface area (Å²) < 4.78 is 0. The SMILES string of the molecule is Cc1ccccc1C1NC(CC2CCCCC2)(C(=O)O)C2C(=O)N(C(C)(C)C)C(=O)C12. The summed E-state index contributed by atoms with van der Waals surface area (Å²) >= 11 is 0. The van der Waals surface area contributed by atoms with Gasteiger partial charge in [0.25, 0.3) is 0 Å². The van der Waals surface area contributed by atoms with Crippen LogP contribution in [0, 0.1) is 24.7 Å². The Hall–Kier alpha value is -2.21. The number of carboxylic acid groups (broad SMARTS) is 1. The number of amides is 2. The molecule has 6 heteroatoms. The fourth-order valence-electron chi connectivity index (χ4n) is 6.18. The highest BCUT2D eigenvalue weighted by molar-refractivity contribution is 6.10. The van der Waals surface area contributed by atoms with Gasteiger partial charge in [-0.25, -0.2) is 0 Å². The zero-order chi connectivity index (χ0) is 22.6. The average Bonchev–Trinajstić information content (AvgIpc) is 3.17. The first-order valence-electron chi connectivity index (χ1n) is 11.5. The fourth-order valence-corrected chi connectivity index (χ4v) is 6.18. The Labute approximate surface area is 184 Å². The number of fused-ring (bicyclic) bond motifs is 1. The number of carboxylic acids is 1. The predicted molar refractivity (Wildman–Crippen MR) is 117 cm³/mol. The molecule has 4 unspecified atom stereocenters. The van der Waals surface area contributed by atoms with Crippen molar-refractivity contribution < 1.29 is 19.5 Å². The number of carbonyl (C=O) groups is 3. The van der Waals surface area contributed by atoms with Crippen LogP contribution in [0.2, 0.25) is 0 Å². The monoisotopic (exact) mass is 426 g/mol. The average molecular weight is 427 g/mol. The lowest BCUT2D eigenvalue weighted by molar-refractivity contribution is -0.154. The lowest BCUT2D eigenvalue weighted by Crippen LogP contribution is -2.58. The number of hydrogen-bond acceptors (Lipinski definition) is 4. The van der Waals surface area contributed by atoms with Crippen LogP contribution in [-0.4, -0.2) is 38.9 Å². The molecule has 3 fully saturated rings. The molecule has 2 aliphatic heterocycles. The van der Waals surface area contributed by atoms with Crippen LogP contribution < -0.4 is 5.32 Å². The van der Waals surface area contributed by atoms with Crippen molar-refractivity contribution in [1.82, 2.24) is 10.2 Å². The van der Waals surface area contributed by atoms with Gasteiger partial charge in [0.05, 0.1) is 11.8 Å². The van der Waals surface area contributed by atoms with Crippen LogP contribution in [0.5, 0.6) is 0 Å². The number of imide groups is 1. The molecule has 6 nitrogen and oxygen atoms in total. The largest absolute Gasteiger partial charge is 0.480 e. The van der Waals surface area contributed by atoms with Crippen molar-refractivity contribution in [3.63, 3.8) is 0 Å². The van der Waals surface area contributed by atoms with E-state index in [9.17, 15) is 19.5 Å². The van der Waals surface area contributed by atoms with Gasteiger partial charge in [0.2, 0.25) is 11.8 Å². The highest BCUT2D eigenvalue weighted by Crippen LogP contribution is 2.53. The highest BCUT2D eigenvalue weighted by atomic mass is 16.4. The molecule has 4 atom stereocenters. The molecule has 1 saturated carbocycles. The number of nitrogens with zero attached hydrogens (tertiary/aromatic N) is 1. The molecule has 2 N–H and O–H groups in total. The first-order chi connectivity index (χ1) is 14.6. The number of benzene rings is 1. The summed E-state index contributed by atoms with van der Waals surface area (Å²) in [7, 11) is 0. The minimum Gasteiger partial charge on any atom is -0.480 e. The second-order valence-corrected chi connectivity index (χ2v) is 10.6. The van der Waals surface area contributed by atoms with Gasteiger partial charge in [-0.3, -0.25) is 24.6 Å². The van der Waals surface area contributed by atoms with Crippen molar-refractivity contribution in [1.29, 1.82) is 0 Å². The third-order valence-corrected chi connectivity index (χ3v) is 7.57. The van der Waals surface area contributed by atoms with E-state index in [-0.39, 0.29) is 17.7 Å². The molecule has 1 aromatic carbocycles. The lowest BCUT2D eigenvalue weighted by Gasteiger charge is -2.37. The van der Waals surface area contributed by atoms with Crippen molar-refractivity contribution in [2.45, 2.75) is 83.3 Å². The summed E-state index contributed by atoms with van der Waals surface area (Å²) in [6, 6.07) is 7.26. The molecule has 0 aromatic heterocycles. The minimum absolute atomic E-state index is 0.250. The van der Waals surface area contributed by atoms with Crippen LogP contribution >= 0.6 is 0 Å². The molecule has 0 bridgehead atoms. The van der Waals surface area contributed by atoms with Crippen LogP contribution in [0.4, 0.5) is 0 Å². The van der Waals surface area contributed by atoms with Gasteiger partial charge in [-0.2, -0.15) is 0 Å². The van der Waals surface area contributed by atoms with Crippen molar-refractivity contribution in [2.24, 2.45) is 17.8 Å².